The smallest absolute Gasteiger partial charge is 0.277 e. The molecular weight excluding hydrogens is 344 g/mol. The van der Waals surface area contributed by atoms with Crippen LogP contribution in [0.4, 0.5) is 0 Å². The van der Waals surface area contributed by atoms with E-state index in [1.807, 2.05) is 18.2 Å². The quantitative estimate of drug-likeness (QED) is 0.657. The maximum Gasteiger partial charge on any atom is 0.277 e. The van der Waals surface area contributed by atoms with E-state index in [2.05, 4.69) is 10.5 Å². The van der Waals surface area contributed by atoms with Gasteiger partial charge in [0.15, 0.2) is 18.1 Å². The van der Waals surface area contributed by atoms with E-state index < -0.39 is 0 Å². The predicted molar refractivity (Wildman–Crippen MR) is 94.7 cm³/mol. The van der Waals surface area contributed by atoms with Crippen molar-refractivity contribution in [1.29, 1.82) is 0 Å². The largest absolute Gasteiger partial charge is 0.486 e. The lowest BCUT2D eigenvalue weighted by atomic mass is 10.1. The van der Waals surface area contributed by atoms with Crippen molar-refractivity contribution in [1.82, 2.24) is 5.43 Å². The number of ether oxygens (including phenoxy) is 3. The molecule has 0 aliphatic carbocycles. The number of hydrogen-bond acceptors (Lipinski definition) is 5. The molecule has 1 aliphatic rings. The zero-order valence-electron chi connectivity index (χ0n) is 13.6. The lowest BCUT2D eigenvalue weighted by Crippen LogP contribution is -2.25. The highest BCUT2D eigenvalue weighted by molar-refractivity contribution is 6.30. The summed E-state index contributed by atoms with van der Waals surface area (Å²) in [7, 11) is 0. The van der Waals surface area contributed by atoms with Gasteiger partial charge in [-0.2, -0.15) is 5.10 Å². The van der Waals surface area contributed by atoms with Gasteiger partial charge in [0, 0.05) is 10.6 Å². The first kappa shape index (κ1) is 17.1. The number of carbonyl (C=O) groups is 1. The van der Waals surface area contributed by atoms with Crippen LogP contribution in [0, 0.1) is 0 Å². The van der Waals surface area contributed by atoms with E-state index >= 15 is 0 Å². The van der Waals surface area contributed by atoms with E-state index in [-0.39, 0.29) is 12.5 Å². The van der Waals surface area contributed by atoms with Gasteiger partial charge in [-0.15, -0.1) is 0 Å². The lowest BCUT2D eigenvalue weighted by Gasteiger charge is -2.18. The molecule has 1 amide bonds. The molecule has 0 atom stereocenters. The Labute approximate surface area is 150 Å². The minimum atomic E-state index is -0.364. The second-order valence-electron chi connectivity index (χ2n) is 5.34. The summed E-state index contributed by atoms with van der Waals surface area (Å²) in [6, 6.07) is 12.4. The number of hydrogen-bond donors (Lipinski definition) is 1. The number of nitrogens with zero attached hydrogens (tertiary/aromatic N) is 1. The van der Waals surface area contributed by atoms with Crippen LogP contribution in [0.25, 0.3) is 0 Å². The first-order valence-corrected chi connectivity index (χ1v) is 8.11. The first-order chi connectivity index (χ1) is 12.1. The van der Waals surface area contributed by atoms with Gasteiger partial charge in [0.1, 0.15) is 19.0 Å². The van der Waals surface area contributed by atoms with Gasteiger partial charge in [-0.3, -0.25) is 4.79 Å². The second kappa shape index (κ2) is 7.90. The summed E-state index contributed by atoms with van der Waals surface area (Å²) < 4.78 is 16.4. The van der Waals surface area contributed by atoms with Crippen LogP contribution < -0.4 is 19.6 Å². The van der Waals surface area contributed by atoms with Crippen molar-refractivity contribution < 1.29 is 19.0 Å². The van der Waals surface area contributed by atoms with Crippen molar-refractivity contribution in [3.8, 4) is 17.2 Å². The minimum Gasteiger partial charge on any atom is -0.486 e. The highest BCUT2D eigenvalue weighted by atomic mass is 35.5. The van der Waals surface area contributed by atoms with Gasteiger partial charge < -0.3 is 14.2 Å². The maximum atomic E-state index is 11.8. The Morgan fingerprint density at radius 2 is 2.00 bits per heavy atom. The SMILES string of the molecule is C/C(=N/NC(=O)COc1cccc(Cl)c1)c1ccc2c(c1)OCCO2. The number of benzene rings is 2. The van der Waals surface area contributed by atoms with Crippen LogP contribution in [-0.4, -0.2) is 31.4 Å². The molecule has 25 heavy (non-hydrogen) atoms. The van der Waals surface area contributed by atoms with Crippen molar-refractivity contribution in [2.24, 2.45) is 5.10 Å². The Bertz CT molecular complexity index is 807. The standard InChI is InChI=1S/C18H17ClN2O4/c1-12(13-5-6-16-17(9-13)24-8-7-23-16)20-21-18(22)11-25-15-4-2-3-14(19)10-15/h2-6,9-10H,7-8,11H2,1H3,(H,21,22)/b20-12-. The summed E-state index contributed by atoms with van der Waals surface area (Å²) >= 11 is 5.86. The third-order valence-corrected chi connectivity index (χ3v) is 3.71. The van der Waals surface area contributed by atoms with Crippen LogP contribution in [0.15, 0.2) is 47.6 Å². The summed E-state index contributed by atoms with van der Waals surface area (Å²) in [6.07, 6.45) is 0. The monoisotopic (exact) mass is 360 g/mol. The highest BCUT2D eigenvalue weighted by Crippen LogP contribution is 2.30. The summed E-state index contributed by atoms with van der Waals surface area (Å²) in [5.74, 6) is 1.54. The average Bonchev–Trinajstić information content (AvgIpc) is 2.64. The molecule has 130 valence electrons. The Morgan fingerprint density at radius 3 is 2.80 bits per heavy atom. The van der Waals surface area contributed by atoms with E-state index in [9.17, 15) is 4.79 Å². The van der Waals surface area contributed by atoms with Crippen molar-refractivity contribution >= 4 is 23.2 Å². The van der Waals surface area contributed by atoms with Gasteiger partial charge >= 0.3 is 0 Å². The average molecular weight is 361 g/mol. The number of nitrogens with one attached hydrogen (secondary N) is 1. The van der Waals surface area contributed by atoms with E-state index in [4.69, 9.17) is 25.8 Å². The molecule has 0 aromatic heterocycles. The van der Waals surface area contributed by atoms with Gasteiger partial charge in [-0.05, 0) is 43.3 Å². The van der Waals surface area contributed by atoms with Crippen LogP contribution in [0.1, 0.15) is 12.5 Å². The Morgan fingerprint density at radius 1 is 1.20 bits per heavy atom. The molecule has 7 heteroatoms. The van der Waals surface area contributed by atoms with Crippen molar-refractivity contribution in [3.63, 3.8) is 0 Å². The molecule has 2 aromatic rings. The molecule has 1 aliphatic heterocycles. The number of carbonyl (C=O) groups excluding carboxylic acids is 1. The molecule has 0 saturated heterocycles. The number of hydrazone groups is 1. The van der Waals surface area contributed by atoms with E-state index in [0.29, 0.717) is 41.2 Å². The molecule has 0 unspecified atom stereocenters. The van der Waals surface area contributed by atoms with E-state index in [0.717, 1.165) is 5.56 Å². The molecule has 0 fully saturated rings. The zero-order chi connectivity index (χ0) is 17.6. The number of halogens is 1. The topological polar surface area (TPSA) is 69.2 Å². The molecule has 1 heterocycles. The molecule has 0 spiro atoms. The Hall–Kier alpha value is -2.73. The third-order valence-electron chi connectivity index (χ3n) is 3.47. The van der Waals surface area contributed by atoms with Gasteiger partial charge in [-0.25, -0.2) is 5.43 Å². The molecule has 0 saturated carbocycles. The van der Waals surface area contributed by atoms with E-state index in [1.54, 1.807) is 31.2 Å². The number of amides is 1. The zero-order valence-corrected chi connectivity index (χ0v) is 14.4. The van der Waals surface area contributed by atoms with Gasteiger partial charge in [0.2, 0.25) is 0 Å². The van der Waals surface area contributed by atoms with Gasteiger partial charge in [0.05, 0.1) is 5.71 Å². The lowest BCUT2D eigenvalue weighted by molar-refractivity contribution is -0.123. The molecule has 1 N–H and O–H groups in total. The summed E-state index contributed by atoms with van der Waals surface area (Å²) in [6.45, 7) is 2.70. The molecular formula is C18H17ClN2O4. The van der Waals surface area contributed by atoms with Gasteiger partial charge in [0.25, 0.3) is 5.91 Å². The van der Waals surface area contributed by atoms with Crippen molar-refractivity contribution in [2.75, 3.05) is 19.8 Å². The number of rotatable bonds is 5. The van der Waals surface area contributed by atoms with Gasteiger partial charge in [-0.1, -0.05) is 17.7 Å². The molecule has 2 aromatic carbocycles. The fraction of sp³-hybridized carbons (Fsp3) is 0.222. The summed E-state index contributed by atoms with van der Waals surface area (Å²) in [5, 5.41) is 4.63. The normalized spacial score (nSPS) is 13.3. The highest BCUT2D eigenvalue weighted by Gasteiger charge is 2.12. The van der Waals surface area contributed by atoms with Crippen LogP contribution in [0.2, 0.25) is 5.02 Å². The van der Waals surface area contributed by atoms with Crippen molar-refractivity contribution in [3.05, 3.63) is 53.1 Å². The Balaban J connectivity index is 1.56. The van der Waals surface area contributed by atoms with Crippen molar-refractivity contribution in [2.45, 2.75) is 6.92 Å². The fourth-order valence-corrected chi connectivity index (χ4v) is 2.40. The second-order valence-corrected chi connectivity index (χ2v) is 5.77. The van der Waals surface area contributed by atoms with E-state index in [1.165, 1.54) is 0 Å². The maximum absolute atomic E-state index is 11.8. The van der Waals surface area contributed by atoms with Crippen LogP contribution >= 0.6 is 11.6 Å². The molecule has 6 nitrogen and oxygen atoms in total. The molecule has 0 bridgehead atoms. The molecule has 3 rings (SSSR count). The van der Waals surface area contributed by atoms with Crippen LogP contribution in [0.5, 0.6) is 17.2 Å². The third kappa shape index (κ3) is 4.64. The first-order valence-electron chi connectivity index (χ1n) is 7.73. The van der Waals surface area contributed by atoms with Crippen LogP contribution in [0.3, 0.4) is 0 Å². The molecule has 0 radical (unpaired) electrons. The Kier molecular flexibility index (Phi) is 5.40. The predicted octanol–water partition coefficient (Wildman–Crippen LogP) is 3.03. The summed E-state index contributed by atoms with van der Waals surface area (Å²) in [4.78, 5) is 11.8. The summed E-state index contributed by atoms with van der Waals surface area (Å²) in [5.41, 5.74) is 3.94. The minimum absolute atomic E-state index is 0.155. The van der Waals surface area contributed by atoms with Crippen LogP contribution in [-0.2, 0) is 4.79 Å². The fourth-order valence-electron chi connectivity index (χ4n) is 2.22. The number of fused-ring (bicyclic) bond motifs is 1.